The van der Waals surface area contributed by atoms with E-state index in [0.717, 1.165) is 35.7 Å². The molecule has 0 unspecified atom stereocenters. The summed E-state index contributed by atoms with van der Waals surface area (Å²) >= 11 is 0. The fourth-order valence-corrected chi connectivity index (χ4v) is 2.81. The Kier molecular flexibility index (Phi) is 7.46. The van der Waals surface area contributed by atoms with Crippen LogP contribution in [-0.2, 0) is 13.1 Å². The molecule has 6 heteroatoms. The van der Waals surface area contributed by atoms with E-state index in [2.05, 4.69) is 58.2 Å². The molecule has 0 saturated carbocycles. The van der Waals surface area contributed by atoms with Crippen LogP contribution in [0.3, 0.4) is 0 Å². The van der Waals surface area contributed by atoms with Crippen molar-refractivity contribution in [2.45, 2.75) is 26.9 Å². The lowest BCUT2D eigenvalue weighted by molar-refractivity contribution is 0.206. The minimum absolute atomic E-state index is 0.0977. The zero-order valence-electron chi connectivity index (χ0n) is 17.1. The van der Waals surface area contributed by atoms with Gasteiger partial charge in [-0.25, -0.2) is 9.78 Å². The molecule has 0 atom stereocenters. The molecule has 0 aliphatic carbocycles. The van der Waals surface area contributed by atoms with Gasteiger partial charge in [0, 0.05) is 59.2 Å². The van der Waals surface area contributed by atoms with Crippen molar-refractivity contribution in [1.29, 1.82) is 0 Å². The SMILES string of the molecule is CCN(CC)c1ccc(CNC(=O)N(C)Cc2ccc(N(C)C)cc2)cn1. The predicted octanol–water partition coefficient (Wildman–Crippen LogP) is 3.34. The van der Waals surface area contributed by atoms with E-state index < -0.39 is 0 Å². The Bertz CT molecular complexity index is 708. The smallest absolute Gasteiger partial charge is 0.317 e. The van der Waals surface area contributed by atoms with Gasteiger partial charge in [-0.1, -0.05) is 18.2 Å². The standard InChI is InChI=1S/C21H31N5O/c1-6-26(7-2)20-13-10-18(14-22-20)15-23-21(27)25(5)16-17-8-11-19(12-9-17)24(3)4/h8-14H,6-7,15-16H2,1-5H3,(H,23,27). The van der Waals surface area contributed by atoms with Crippen LogP contribution in [0.2, 0.25) is 0 Å². The molecule has 2 aromatic rings. The summed E-state index contributed by atoms with van der Waals surface area (Å²) < 4.78 is 0. The molecule has 1 aromatic heterocycles. The number of hydrogen-bond donors (Lipinski definition) is 1. The highest BCUT2D eigenvalue weighted by molar-refractivity contribution is 5.73. The van der Waals surface area contributed by atoms with E-state index in [0.29, 0.717) is 13.1 Å². The molecule has 0 radical (unpaired) electrons. The van der Waals surface area contributed by atoms with E-state index in [1.165, 1.54) is 0 Å². The second-order valence-electron chi connectivity index (χ2n) is 6.77. The molecule has 0 bridgehead atoms. The van der Waals surface area contributed by atoms with E-state index in [4.69, 9.17) is 0 Å². The summed E-state index contributed by atoms with van der Waals surface area (Å²) in [6.45, 7) is 7.12. The summed E-state index contributed by atoms with van der Waals surface area (Å²) in [6.07, 6.45) is 1.83. The van der Waals surface area contributed by atoms with Crippen LogP contribution in [-0.4, -0.2) is 50.1 Å². The first kappa shape index (κ1) is 20.6. The lowest BCUT2D eigenvalue weighted by atomic mass is 10.2. The monoisotopic (exact) mass is 369 g/mol. The number of pyridine rings is 1. The normalized spacial score (nSPS) is 10.4. The number of urea groups is 1. The number of amides is 2. The van der Waals surface area contributed by atoms with Gasteiger partial charge < -0.3 is 20.0 Å². The highest BCUT2D eigenvalue weighted by Crippen LogP contribution is 2.14. The third-order valence-electron chi connectivity index (χ3n) is 4.56. The average Bonchev–Trinajstić information content (AvgIpc) is 2.68. The van der Waals surface area contributed by atoms with Crippen molar-refractivity contribution in [3.8, 4) is 0 Å². The molecule has 2 amide bonds. The Balaban J connectivity index is 1.85. The third-order valence-corrected chi connectivity index (χ3v) is 4.56. The Morgan fingerprint density at radius 3 is 2.11 bits per heavy atom. The van der Waals surface area contributed by atoms with Crippen molar-refractivity contribution >= 4 is 17.5 Å². The Morgan fingerprint density at radius 1 is 0.963 bits per heavy atom. The third kappa shape index (κ3) is 5.88. The number of anilines is 2. The van der Waals surface area contributed by atoms with Crippen LogP contribution in [0.4, 0.5) is 16.3 Å². The average molecular weight is 370 g/mol. The molecule has 0 aliphatic rings. The molecule has 1 N–H and O–H groups in total. The van der Waals surface area contributed by atoms with Gasteiger partial charge in [0.05, 0.1) is 0 Å². The molecule has 0 spiro atoms. The van der Waals surface area contributed by atoms with Crippen LogP contribution in [0.1, 0.15) is 25.0 Å². The minimum atomic E-state index is -0.0977. The van der Waals surface area contributed by atoms with Gasteiger partial charge in [-0.15, -0.1) is 0 Å². The Labute approximate surface area is 162 Å². The van der Waals surface area contributed by atoms with Gasteiger partial charge in [0.1, 0.15) is 5.82 Å². The van der Waals surface area contributed by atoms with Gasteiger partial charge in [0.15, 0.2) is 0 Å². The lowest BCUT2D eigenvalue weighted by Crippen LogP contribution is -2.36. The molecule has 0 aliphatic heterocycles. The van der Waals surface area contributed by atoms with E-state index in [9.17, 15) is 4.79 Å². The predicted molar refractivity (Wildman–Crippen MR) is 112 cm³/mol. The molecule has 146 valence electrons. The maximum Gasteiger partial charge on any atom is 0.317 e. The summed E-state index contributed by atoms with van der Waals surface area (Å²) in [5, 5.41) is 2.95. The van der Waals surface area contributed by atoms with Gasteiger partial charge in [0.2, 0.25) is 0 Å². The summed E-state index contributed by atoms with van der Waals surface area (Å²) in [7, 11) is 5.83. The molecule has 1 heterocycles. The fourth-order valence-electron chi connectivity index (χ4n) is 2.81. The highest BCUT2D eigenvalue weighted by atomic mass is 16.2. The number of benzene rings is 1. The van der Waals surface area contributed by atoms with Crippen LogP contribution in [0.15, 0.2) is 42.6 Å². The van der Waals surface area contributed by atoms with Gasteiger partial charge in [0.25, 0.3) is 0 Å². The highest BCUT2D eigenvalue weighted by Gasteiger charge is 2.10. The van der Waals surface area contributed by atoms with Crippen LogP contribution >= 0.6 is 0 Å². The van der Waals surface area contributed by atoms with Crippen LogP contribution < -0.4 is 15.1 Å². The van der Waals surface area contributed by atoms with Crippen molar-refractivity contribution in [1.82, 2.24) is 15.2 Å². The molecule has 27 heavy (non-hydrogen) atoms. The molecule has 1 aromatic carbocycles. The zero-order chi connectivity index (χ0) is 19.8. The van der Waals surface area contributed by atoms with Crippen molar-refractivity contribution < 1.29 is 4.79 Å². The number of rotatable bonds is 8. The largest absolute Gasteiger partial charge is 0.378 e. The molecule has 0 saturated heterocycles. The zero-order valence-corrected chi connectivity index (χ0v) is 17.1. The van der Waals surface area contributed by atoms with Crippen molar-refractivity contribution in [2.75, 3.05) is 44.0 Å². The number of nitrogens with one attached hydrogen (secondary N) is 1. The summed E-state index contributed by atoms with van der Waals surface area (Å²) in [4.78, 5) is 22.8. The Hall–Kier alpha value is -2.76. The lowest BCUT2D eigenvalue weighted by Gasteiger charge is -2.20. The second-order valence-corrected chi connectivity index (χ2v) is 6.77. The first-order chi connectivity index (χ1) is 12.9. The Morgan fingerprint density at radius 2 is 1.59 bits per heavy atom. The fraction of sp³-hybridized carbons (Fsp3) is 0.429. The van der Waals surface area contributed by atoms with Gasteiger partial charge in [-0.3, -0.25) is 0 Å². The van der Waals surface area contributed by atoms with Crippen LogP contribution in [0.5, 0.6) is 0 Å². The molecule has 0 fully saturated rings. The number of hydrogen-bond acceptors (Lipinski definition) is 4. The van der Waals surface area contributed by atoms with Gasteiger partial charge >= 0.3 is 6.03 Å². The minimum Gasteiger partial charge on any atom is -0.378 e. The van der Waals surface area contributed by atoms with Crippen molar-refractivity contribution in [3.05, 3.63) is 53.7 Å². The van der Waals surface area contributed by atoms with E-state index in [1.54, 1.807) is 11.9 Å². The quantitative estimate of drug-likeness (QED) is 0.775. The number of nitrogens with zero attached hydrogens (tertiary/aromatic N) is 4. The number of carbonyl (C=O) groups excluding carboxylic acids is 1. The topological polar surface area (TPSA) is 51.7 Å². The number of carbonyl (C=O) groups is 1. The summed E-state index contributed by atoms with van der Waals surface area (Å²) in [5.74, 6) is 0.966. The molecule has 6 nitrogen and oxygen atoms in total. The maximum atomic E-state index is 12.3. The van der Waals surface area contributed by atoms with Crippen LogP contribution in [0.25, 0.3) is 0 Å². The van der Waals surface area contributed by atoms with Gasteiger partial charge in [-0.05, 0) is 43.2 Å². The number of aromatic nitrogens is 1. The van der Waals surface area contributed by atoms with E-state index >= 15 is 0 Å². The summed E-state index contributed by atoms with van der Waals surface area (Å²) in [6, 6.07) is 12.1. The molecular formula is C21H31N5O. The van der Waals surface area contributed by atoms with Crippen molar-refractivity contribution in [3.63, 3.8) is 0 Å². The first-order valence-electron chi connectivity index (χ1n) is 9.39. The van der Waals surface area contributed by atoms with Crippen molar-refractivity contribution in [2.24, 2.45) is 0 Å². The first-order valence-corrected chi connectivity index (χ1v) is 9.39. The van der Waals surface area contributed by atoms with E-state index in [-0.39, 0.29) is 6.03 Å². The van der Waals surface area contributed by atoms with Gasteiger partial charge in [-0.2, -0.15) is 0 Å². The van der Waals surface area contributed by atoms with E-state index in [1.807, 2.05) is 32.4 Å². The second kappa shape index (κ2) is 9.80. The van der Waals surface area contributed by atoms with Crippen LogP contribution in [0, 0.1) is 0 Å². The maximum absolute atomic E-state index is 12.3. The molecular weight excluding hydrogens is 338 g/mol. The molecule has 2 rings (SSSR count). The summed E-state index contributed by atoms with van der Waals surface area (Å²) in [5.41, 5.74) is 3.23.